The van der Waals surface area contributed by atoms with Gasteiger partial charge in [0.05, 0.1) is 12.6 Å². The smallest absolute Gasteiger partial charge is 0.274 e. The van der Waals surface area contributed by atoms with Crippen molar-refractivity contribution in [2.24, 2.45) is 0 Å². The van der Waals surface area contributed by atoms with E-state index in [1.54, 1.807) is 4.57 Å². The molecule has 0 spiro atoms. The van der Waals surface area contributed by atoms with Crippen LogP contribution in [0.3, 0.4) is 0 Å². The highest BCUT2D eigenvalue weighted by Gasteiger charge is 2.17. The molecule has 1 N–H and O–H groups in total. The van der Waals surface area contributed by atoms with Crippen LogP contribution >= 0.6 is 0 Å². The van der Waals surface area contributed by atoms with Gasteiger partial charge in [0.15, 0.2) is 0 Å². The SMILES string of the molecule is CC.CCNc1cccn(C2CCCOC2)c1=O. The summed E-state index contributed by atoms with van der Waals surface area (Å²) in [5.41, 5.74) is 0.732. The minimum atomic E-state index is 0.0554. The summed E-state index contributed by atoms with van der Waals surface area (Å²) in [4.78, 5) is 12.1. The molecule has 1 aliphatic rings. The Balaban J connectivity index is 0.000000771. The van der Waals surface area contributed by atoms with Gasteiger partial charge in [-0.15, -0.1) is 0 Å². The van der Waals surface area contributed by atoms with Crippen molar-refractivity contribution in [3.63, 3.8) is 0 Å². The first-order valence-electron chi connectivity index (χ1n) is 6.85. The number of hydrogen-bond donors (Lipinski definition) is 1. The normalized spacial score (nSPS) is 18.7. The van der Waals surface area contributed by atoms with Crippen molar-refractivity contribution in [2.75, 3.05) is 25.1 Å². The molecule has 4 nitrogen and oxygen atoms in total. The lowest BCUT2D eigenvalue weighted by Crippen LogP contribution is -2.31. The van der Waals surface area contributed by atoms with Crippen LogP contribution < -0.4 is 10.9 Å². The zero-order chi connectivity index (χ0) is 13.4. The first-order chi connectivity index (χ1) is 8.83. The van der Waals surface area contributed by atoms with Gasteiger partial charge in [-0.2, -0.15) is 0 Å². The Hall–Kier alpha value is -1.29. The van der Waals surface area contributed by atoms with Crippen LogP contribution in [0.5, 0.6) is 0 Å². The van der Waals surface area contributed by atoms with Gasteiger partial charge in [-0.1, -0.05) is 13.8 Å². The van der Waals surface area contributed by atoms with Gasteiger partial charge >= 0.3 is 0 Å². The van der Waals surface area contributed by atoms with Crippen molar-refractivity contribution < 1.29 is 4.74 Å². The van der Waals surface area contributed by atoms with E-state index in [1.807, 2.05) is 39.1 Å². The van der Waals surface area contributed by atoms with E-state index in [0.717, 1.165) is 26.0 Å². The fourth-order valence-corrected chi connectivity index (χ4v) is 2.07. The van der Waals surface area contributed by atoms with E-state index in [0.29, 0.717) is 12.3 Å². The monoisotopic (exact) mass is 252 g/mol. The Kier molecular flexibility index (Phi) is 6.50. The van der Waals surface area contributed by atoms with Gasteiger partial charge in [0, 0.05) is 19.3 Å². The van der Waals surface area contributed by atoms with Crippen LogP contribution in [0.2, 0.25) is 0 Å². The van der Waals surface area contributed by atoms with Crippen LogP contribution in [-0.2, 0) is 4.74 Å². The summed E-state index contributed by atoms with van der Waals surface area (Å²) >= 11 is 0. The molecular weight excluding hydrogens is 228 g/mol. The predicted octanol–water partition coefficient (Wildman–Crippen LogP) is 2.66. The first-order valence-corrected chi connectivity index (χ1v) is 6.85. The molecule has 0 radical (unpaired) electrons. The van der Waals surface area contributed by atoms with Gasteiger partial charge in [0.25, 0.3) is 5.56 Å². The van der Waals surface area contributed by atoms with Gasteiger partial charge in [-0.25, -0.2) is 0 Å². The molecule has 1 atom stereocenters. The van der Waals surface area contributed by atoms with Crippen LogP contribution in [0.1, 0.15) is 39.7 Å². The highest BCUT2D eigenvalue weighted by atomic mass is 16.5. The summed E-state index contributed by atoms with van der Waals surface area (Å²) in [6.45, 7) is 8.22. The number of aromatic nitrogens is 1. The Bertz CT molecular complexity index is 395. The summed E-state index contributed by atoms with van der Waals surface area (Å²) in [6, 6.07) is 3.93. The Morgan fingerprint density at radius 3 is 2.89 bits per heavy atom. The second kappa shape index (κ2) is 7.93. The second-order valence-electron chi connectivity index (χ2n) is 4.04. The van der Waals surface area contributed by atoms with E-state index in [1.165, 1.54) is 0 Å². The maximum atomic E-state index is 12.1. The van der Waals surface area contributed by atoms with Crippen molar-refractivity contribution in [2.45, 2.75) is 39.7 Å². The number of hydrogen-bond acceptors (Lipinski definition) is 3. The van der Waals surface area contributed by atoms with E-state index in [9.17, 15) is 4.79 Å². The average molecular weight is 252 g/mol. The summed E-state index contributed by atoms with van der Waals surface area (Å²) in [6.07, 6.45) is 3.90. The number of nitrogens with zero attached hydrogens (tertiary/aromatic N) is 1. The lowest BCUT2D eigenvalue weighted by atomic mass is 10.1. The van der Waals surface area contributed by atoms with E-state index in [2.05, 4.69) is 5.32 Å². The van der Waals surface area contributed by atoms with Gasteiger partial charge in [0.1, 0.15) is 5.69 Å². The Morgan fingerprint density at radius 1 is 1.50 bits per heavy atom. The molecular formula is C14H24N2O2. The third-order valence-corrected chi connectivity index (χ3v) is 2.87. The zero-order valence-corrected chi connectivity index (χ0v) is 11.6. The molecule has 1 aromatic rings. The Morgan fingerprint density at radius 2 is 2.28 bits per heavy atom. The number of pyridine rings is 1. The molecule has 4 heteroatoms. The third kappa shape index (κ3) is 3.60. The first kappa shape index (κ1) is 14.8. The lowest BCUT2D eigenvalue weighted by Gasteiger charge is -2.24. The summed E-state index contributed by atoms with van der Waals surface area (Å²) in [5, 5.41) is 3.08. The molecule has 0 aliphatic carbocycles. The molecule has 1 fully saturated rings. The largest absolute Gasteiger partial charge is 0.381 e. The molecule has 18 heavy (non-hydrogen) atoms. The topological polar surface area (TPSA) is 43.3 Å². The predicted molar refractivity (Wildman–Crippen MR) is 75.3 cm³/mol. The highest BCUT2D eigenvalue weighted by Crippen LogP contribution is 2.17. The van der Waals surface area contributed by atoms with Crippen LogP contribution in [0, 0.1) is 0 Å². The van der Waals surface area contributed by atoms with Gasteiger partial charge in [-0.3, -0.25) is 4.79 Å². The van der Waals surface area contributed by atoms with Crippen LogP contribution in [0.15, 0.2) is 23.1 Å². The van der Waals surface area contributed by atoms with Gasteiger partial charge < -0.3 is 14.6 Å². The summed E-state index contributed by atoms with van der Waals surface area (Å²) in [7, 11) is 0. The number of nitrogens with one attached hydrogen (secondary N) is 1. The van der Waals surface area contributed by atoms with Crippen LogP contribution in [0.25, 0.3) is 0 Å². The molecule has 2 rings (SSSR count). The minimum Gasteiger partial charge on any atom is -0.381 e. The van der Waals surface area contributed by atoms with E-state index in [-0.39, 0.29) is 11.6 Å². The van der Waals surface area contributed by atoms with Gasteiger partial charge in [-0.05, 0) is 31.9 Å². The van der Waals surface area contributed by atoms with Crippen LogP contribution in [-0.4, -0.2) is 24.3 Å². The minimum absolute atomic E-state index is 0.0554. The molecule has 2 heterocycles. The quantitative estimate of drug-likeness (QED) is 0.899. The van der Waals surface area contributed by atoms with Crippen LogP contribution in [0.4, 0.5) is 5.69 Å². The average Bonchev–Trinajstić information content (AvgIpc) is 2.45. The molecule has 0 saturated carbocycles. The van der Waals surface area contributed by atoms with E-state index >= 15 is 0 Å². The van der Waals surface area contributed by atoms with Gasteiger partial charge in [0.2, 0.25) is 0 Å². The van der Waals surface area contributed by atoms with E-state index < -0.39 is 0 Å². The zero-order valence-electron chi connectivity index (χ0n) is 11.6. The van der Waals surface area contributed by atoms with Crippen molar-refractivity contribution in [1.29, 1.82) is 0 Å². The molecule has 0 bridgehead atoms. The molecule has 1 aliphatic heterocycles. The number of anilines is 1. The molecule has 1 saturated heterocycles. The fraction of sp³-hybridized carbons (Fsp3) is 0.643. The molecule has 0 aromatic carbocycles. The molecule has 0 amide bonds. The standard InChI is InChI=1S/C12H18N2O2.C2H6/c1-2-13-11-6-3-7-14(12(11)15)10-5-4-8-16-9-10;1-2/h3,6-7,10,13H,2,4-5,8-9H2,1H3;1-2H3. The maximum absolute atomic E-state index is 12.1. The summed E-state index contributed by atoms with van der Waals surface area (Å²) in [5.74, 6) is 0. The molecule has 102 valence electrons. The third-order valence-electron chi connectivity index (χ3n) is 2.87. The molecule has 1 unspecified atom stereocenters. The Labute approximate surface area is 109 Å². The second-order valence-corrected chi connectivity index (χ2v) is 4.04. The lowest BCUT2D eigenvalue weighted by molar-refractivity contribution is 0.0580. The van der Waals surface area contributed by atoms with Crippen molar-refractivity contribution in [1.82, 2.24) is 4.57 Å². The fourth-order valence-electron chi connectivity index (χ4n) is 2.07. The number of ether oxygens (including phenoxy) is 1. The molecule has 1 aromatic heterocycles. The number of rotatable bonds is 3. The van der Waals surface area contributed by atoms with Crippen molar-refractivity contribution >= 4 is 5.69 Å². The maximum Gasteiger partial charge on any atom is 0.274 e. The van der Waals surface area contributed by atoms with Crippen molar-refractivity contribution in [3.8, 4) is 0 Å². The summed E-state index contributed by atoms with van der Waals surface area (Å²) < 4.78 is 7.20. The van der Waals surface area contributed by atoms with Crippen molar-refractivity contribution in [3.05, 3.63) is 28.7 Å². The van der Waals surface area contributed by atoms with E-state index in [4.69, 9.17) is 4.74 Å². The highest BCUT2D eigenvalue weighted by molar-refractivity contribution is 5.40.